The Balaban J connectivity index is 1.97. The number of nitrogens with one attached hydrogen (secondary N) is 2. The average molecular weight is 341 g/mol. The van der Waals surface area contributed by atoms with Crippen LogP contribution < -0.4 is 10.2 Å². The Morgan fingerprint density at radius 2 is 2.10 bits per heavy atom. The number of benzene rings is 1. The van der Waals surface area contributed by atoms with Gasteiger partial charge in [-0.15, -0.1) is 0 Å². The highest BCUT2D eigenvalue weighted by atomic mass is 79.9. The topological polar surface area (TPSA) is 53.9 Å². The molecule has 1 aliphatic rings. The number of carbonyl (C=O) groups is 2. The number of imide groups is 1. The number of urea groups is 1. The predicted molar refractivity (Wildman–Crippen MR) is 79.3 cm³/mol. The van der Waals surface area contributed by atoms with E-state index in [4.69, 9.17) is 0 Å². The van der Waals surface area contributed by atoms with E-state index in [9.17, 15) is 9.59 Å². The lowest BCUT2D eigenvalue weighted by atomic mass is 10.2. The molecule has 1 unspecified atom stereocenters. The van der Waals surface area contributed by atoms with Gasteiger partial charge in [0.2, 0.25) is 0 Å². The highest BCUT2D eigenvalue weighted by Crippen LogP contribution is 2.09. The van der Waals surface area contributed by atoms with E-state index in [-0.39, 0.29) is 18.0 Å². The molecule has 2 rings (SSSR count). The molecule has 2 atom stereocenters. The molecule has 0 bridgehead atoms. The van der Waals surface area contributed by atoms with Crippen LogP contribution in [0.4, 0.5) is 4.79 Å². The van der Waals surface area contributed by atoms with Gasteiger partial charge in [-0.3, -0.25) is 9.69 Å². The third kappa shape index (κ3) is 3.37. The normalized spacial score (nSPS) is 17.8. The molecule has 108 valence electrons. The van der Waals surface area contributed by atoms with Crippen LogP contribution in [0.2, 0.25) is 0 Å². The SMILES string of the molecule is C[C@H](C(=O)N1CCNC1=O)[NH+](C)Cc1ccc(Br)cc1. The number of carbonyl (C=O) groups excluding carboxylic acids is 2. The number of nitrogens with zero attached hydrogens (tertiary/aromatic N) is 1. The average Bonchev–Trinajstić information content (AvgIpc) is 2.86. The largest absolute Gasteiger partial charge is 0.336 e. The van der Waals surface area contributed by atoms with E-state index in [0.717, 1.165) is 21.5 Å². The molecule has 0 aromatic heterocycles. The smallest absolute Gasteiger partial charge is 0.324 e. The Hall–Kier alpha value is -1.40. The predicted octanol–water partition coefficient (Wildman–Crippen LogP) is 0.404. The van der Waals surface area contributed by atoms with Crippen LogP contribution in [0.3, 0.4) is 0 Å². The van der Waals surface area contributed by atoms with Crippen LogP contribution in [0.5, 0.6) is 0 Å². The summed E-state index contributed by atoms with van der Waals surface area (Å²) >= 11 is 3.40. The highest BCUT2D eigenvalue weighted by Gasteiger charge is 2.33. The number of rotatable bonds is 4. The summed E-state index contributed by atoms with van der Waals surface area (Å²) in [7, 11) is 1.97. The summed E-state index contributed by atoms with van der Waals surface area (Å²) < 4.78 is 1.04. The van der Waals surface area contributed by atoms with Gasteiger partial charge in [-0.05, 0) is 19.1 Å². The Morgan fingerprint density at radius 1 is 1.45 bits per heavy atom. The van der Waals surface area contributed by atoms with Gasteiger partial charge < -0.3 is 10.2 Å². The summed E-state index contributed by atoms with van der Waals surface area (Å²) in [5, 5.41) is 2.65. The monoisotopic (exact) mass is 340 g/mol. The lowest BCUT2D eigenvalue weighted by molar-refractivity contribution is -0.908. The van der Waals surface area contributed by atoms with Crippen molar-refractivity contribution >= 4 is 27.9 Å². The standard InChI is InChI=1S/C14H18BrN3O2/c1-10(13(19)18-8-7-16-14(18)20)17(2)9-11-3-5-12(15)6-4-11/h3-6,10H,7-9H2,1-2H3,(H,16,20)/p+1/t10-/m1/s1. The van der Waals surface area contributed by atoms with E-state index >= 15 is 0 Å². The Bertz CT molecular complexity index is 504. The van der Waals surface area contributed by atoms with E-state index in [2.05, 4.69) is 21.2 Å². The number of hydrogen-bond donors (Lipinski definition) is 2. The Labute approximate surface area is 127 Å². The van der Waals surface area contributed by atoms with E-state index in [0.29, 0.717) is 13.1 Å². The van der Waals surface area contributed by atoms with E-state index < -0.39 is 0 Å². The molecule has 20 heavy (non-hydrogen) atoms. The molecule has 1 aromatic carbocycles. The van der Waals surface area contributed by atoms with Crippen LogP contribution in [0.15, 0.2) is 28.7 Å². The minimum Gasteiger partial charge on any atom is -0.336 e. The van der Waals surface area contributed by atoms with Crippen LogP contribution in [0.1, 0.15) is 12.5 Å². The van der Waals surface area contributed by atoms with Crippen molar-refractivity contribution in [2.45, 2.75) is 19.5 Å². The van der Waals surface area contributed by atoms with Gasteiger partial charge in [0.15, 0.2) is 6.04 Å². The highest BCUT2D eigenvalue weighted by molar-refractivity contribution is 9.10. The number of amides is 3. The van der Waals surface area contributed by atoms with Crippen molar-refractivity contribution in [2.75, 3.05) is 20.1 Å². The van der Waals surface area contributed by atoms with Crippen LogP contribution in [-0.4, -0.2) is 43.0 Å². The molecule has 1 aromatic rings. The fourth-order valence-electron chi connectivity index (χ4n) is 2.20. The zero-order chi connectivity index (χ0) is 14.7. The molecule has 3 amide bonds. The maximum absolute atomic E-state index is 12.3. The van der Waals surface area contributed by atoms with Crippen molar-refractivity contribution in [1.82, 2.24) is 10.2 Å². The molecular formula is C14H19BrN3O2+. The zero-order valence-corrected chi connectivity index (χ0v) is 13.2. The van der Waals surface area contributed by atoms with Crippen molar-refractivity contribution < 1.29 is 14.5 Å². The maximum atomic E-state index is 12.3. The summed E-state index contributed by atoms with van der Waals surface area (Å²) in [5.41, 5.74) is 1.16. The van der Waals surface area contributed by atoms with Crippen LogP contribution in [0.25, 0.3) is 0 Å². The summed E-state index contributed by atoms with van der Waals surface area (Å²) in [6.07, 6.45) is 0. The van der Waals surface area contributed by atoms with Crippen molar-refractivity contribution in [3.05, 3.63) is 34.3 Å². The third-order valence-corrected chi connectivity index (χ3v) is 4.16. The summed E-state index contributed by atoms with van der Waals surface area (Å²) in [6, 6.07) is 7.52. The van der Waals surface area contributed by atoms with Gasteiger partial charge in [0.1, 0.15) is 6.54 Å². The fourth-order valence-corrected chi connectivity index (χ4v) is 2.47. The maximum Gasteiger partial charge on any atom is 0.324 e. The van der Waals surface area contributed by atoms with Crippen LogP contribution in [0, 0.1) is 0 Å². The van der Waals surface area contributed by atoms with E-state index in [1.54, 1.807) is 0 Å². The minimum atomic E-state index is -0.279. The quantitative estimate of drug-likeness (QED) is 0.833. The molecule has 0 spiro atoms. The number of hydrogen-bond acceptors (Lipinski definition) is 2. The first kappa shape index (κ1) is 15.0. The molecular weight excluding hydrogens is 322 g/mol. The van der Waals surface area contributed by atoms with Crippen molar-refractivity contribution in [3.63, 3.8) is 0 Å². The first-order valence-electron chi connectivity index (χ1n) is 6.65. The molecule has 0 saturated carbocycles. The molecule has 0 aliphatic carbocycles. The summed E-state index contributed by atoms with van der Waals surface area (Å²) in [5.74, 6) is -0.116. The van der Waals surface area contributed by atoms with Gasteiger partial charge in [-0.1, -0.05) is 28.1 Å². The summed E-state index contributed by atoms with van der Waals surface area (Å²) in [4.78, 5) is 26.2. The first-order valence-corrected chi connectivity index (χ1v) is 7.44. The molecule has 0 radical (unpaired) electrons. The second kappa shape index (κ2) is 6.37. The molecule has 1 heterocycles. The van der Waals surface area contributed by atoms with Gasteiger partial charge in [-0.2, -0.15) is 0 Å². The van der Waals surface area contributed by atoms with Crippen LogP contribution in [-0.2, 0) is 11.3 Å². The molecule has 1 fully saturated rings. The number of halogens is 1. The minimum absolute atomic E-state index is 0.116. The van der Waals surface area contributed by atoms with E-state index in [1.165, 1.54) is 4.90 Å². The van der Waals surface area contributed by atoms with Crippen molar-refractivity contribution in [3.8, 4) is 0 Å². The Kier molecular flexibility index (Phi) is 4.77. The first-order chi connectivity index (χ1) is 9.49. The molecule has 5 nitrogen and oxygen atoms in total. The molecule has 1 aliphatic heterocycles. The zero-order valence-electron chi connectivity index (χ0n) is 11.6. The van der Waals surface area contributed by atoms with Gasteiger partial charge in [-0.25, -0.2) is 4.79 Å². The Morgan fingerprint density at radius 3 is 2.65 bits per heavy atom. The second-order valence-electron chi connectivity index (χ2n) is 5.09. The third-order valence-electron chi connectivity index (χ3n) is 3.63. The summed E-state index contributed by atoms with van der Waals surface area (Å²) in [6.45, 7) is 3.62. The number of quaternary nitrogens is 1. The van der Waals surface area contributed by atoms with E-state index in [1.807, 2.05) is 38.2 Å². The lowest BCUT2D eigenvalue weighted by Crippen LogP contribution is -3.12. The lowest BCUT2D eigenvalue weighted by Gasteiger charge is -2.24. The van der Waals surface area contributed by atoms with Gasteiger partial charge in [0.25, 0.3) is 5.91 Å². The van der Waals surface area contributed by atoms with Crippen molar-refractivity contribution in [2.24, 2.45) is 0 Å². The number of likely N-dealkylation sites (N-methyl/N-ethyl adjacent to an activating group) is 1. The van der Waals surface area contributed by atoms with Crippen molar-refractivity contribution in [1.29, 1.82) is 0 Å². The second-order valence-corrected chi connectivity index (χ2v) is 6.01. The molecule has 6 heteroatoms. The fraction of sp³-hybridized carbons (Fsp3) is 0.429. The van der Waals surface area contributed by atoms with Gasteiger partial charge in [0, 0.05) is 23.1 Å². The molecule has 1 saturated heterocycles. The molecule has 2 N–H and O–H groups in total. The van der Waals surface area contributed by atoms with Gasteiger partial charge in [0.05, 0.1) is 7.05 Å². The van der Waals surface area contributed by atoms with Crippen LogP contribution >= 0.6 is 15.9 Å². The van der Waals surface area contributed by atoms with Gasteiger partial charge >= 0.3 is 6.03 Å².